The number of amides is 1. The van der Waals surface area contributed by atoms with Gasteiger partial charge in [0, 0.05) is 37.3 Å². The number of aromatic nitrogens is 2. The van der Waals surface area contributed by atoms with Gasteiger partial charge >= 0.3 is 0 Å². The third-order valence-corrected chi connectivity index (χ3v) is 9.09. The van der Waals surface area contributed by atoms with Crippen molar-refractivity contribution in [2.75, 3.05) is 26.2 Å². The summed E-state index contributed by atoms with van der Waals surface area (Å²) in [7, 11) is 0. The summed E-state index contributed by atoms with van der Waals surface area (Å²) in [6.07, 6.45) is 9.01. The van der Waals surface area contributed by atoms with E-state index in [-0.39, 0.29) is 24.2 Å². The second-order valence-electron chi connectivity index (χ2n) is 10.5. The van der Waals surface area contributed by atoms with Crippen LogP contribution in [0.25, 0.3) is 0 Å². The van der Waals surface area contributed by atoms with E-state index in [0.717, 1.165) is 41.9 Å². The maximum atomic E-state index is 13.2. The molecule has 1 amide bonds. The van der Waals surface area contributed by atoms with Crippen LogP contribution >= 0.6 is 15.9 Å². The number of phenols is 1. The maximum absolute atomic E-state index is 13.2. The topological polar surface area (TPSA) is 81.8 Å². The molecule has 4 aliphatic rings. The molecule has 0 spiro atoms. The molecule has 176 valence electrons. The minimum atomic E-state index is -0.912. The van der Waals surface area contributed by atoms with Crippen LogP contribution in [0.3, 0.4) is 0 Å². The number of halogens is 1. The molecule has 3 fully saturated rings. The Morgan fingerprint density at radius 3 is 2.73 bits per heavy atom. The molecule has 2 N–H and O–H groups in total. The van der Waals surface area contributed by atoms with Gasteiger partial charge in [0.1, 0.15) is 12.3 Å². The van der Waals surface area contributed by atoms with Gasteiger partial charge in [-0.05, 0) is 90.2 Å². The molecule has 6 rings (SSSR count). The molecule has 1 aromatic heterocycles. The zero-order valence-electron chi connectivity index (χ0n) is 18.8. The van der Waals surface area contributed by atoms with E-state index in [1.165, 1.54) is 18.4 Å². The zero-order valence-corrected chi connectivity index (χ0v) is 20.4. The van der Waals surface area contributed by atoms with E-state index in [4.69, 9.17) is 0 Å². The third-order valence-electron chi connectivity index (χ3n) is 8.68. The maximum Gasteiger partial charge on any atom is 0.244 e. The Balaban J connectivity index is 1.34. The second-order valence-corrected chi connectivity index (χ2v) is 11.4. The minimum Gasteiger partial charge on any atom is -0.508 e. The molecule has 7 nitrogen and oxygen atoms in total. The Bertz CT molecular complexity index is 1090. The van der Waals surface area contributed by atoms with Gasteiger partial charge in [-0.25, -0.2) is 0 Å². The number of likely N-dealkylation sites (tertiary alicyclic amines) is 2. The lowest BCUT2D eigenvalue weighted by molar-refractivity contribution is -0.149. The first kappa shape index (κ1) is 21.6. The summed E-state index contributed by atoms with van der Waals surface area (Å²) in [4.78, 5) is 17.6. The first-order chi connectivity index (χ1) is 15.9. The molecular weight excluding hydrogens is 484 g/mol. The van der Waals surface area contributed by atoms with Gasteiger partial charge in [0.15, 0.2) is 0 Å². The molecule has 0 radical (unpaired) electrons. The van der Waals surface area contributed by atoms with Crippen LogP contribution in [0.5, 0.6) is 5.75 Å². The number of nitrogens with zero attached hydrogens (tertiary/aromatic N) is 4. The van der Waals surface area contributed by atoms with Crippen molar-refractivity contribution in [3.8, 4) is 5.75 Å². The van der Waals surface area contributed by atoms with Crippen molar-refractivity contribution >= 4 is 21.8 Å². The van der Waals surface area contributed by atoms with Crippen LogP contribution in [0, 0.1) is 5.92 Å². The van der Waals surface area contributed by atoms with E-state index in [1.54, 1.807) is 16.9 Å². The van der Waals surface area contributed by atoms with Crippen LogP contribution in [-0.2, 0) is 23.2 Å². The Kier molecular flexibility index (Phi) is 5.12. The fourth-order valence-electron chi connectivity index (χ4n) is 6.78. The quantitative estimate of drug-likeness (QED) is 0.655. The number of aliphatic hydroxyl groups is 1. The van der Waals surface area contributed by atoms with E-state index in [2.05, 4.69) is 25.9 Å². The smallest absolute Gasteiger partial charge is 0.244 e. The minimum absolute atomic E-state index is 0.0322. The van der Waals surface area contributed by atoms with Gasteiger partial charge in [-0.1, -0.05) is 6.07 Å². The molecule has 2 aromatic rings. The van der Waals surface area contributed by atoms with Crippen molar-refractivity contribution in [1.29, 1.82) is 0 Å². The molecule has 2 saturated heterocycles. The van der Waals surface area contributed by atoms with Gasteiger partial charge in [-0.2, -0.15) is 5.10 Å². The summed E-state index contributed by atoms with van der Waals surface area (Å²) < 4.78 is 2.51. The fourth-order valence-corrected chi connectivity index (χ4v) is 7.11. The Morgan fingerprint density at radius 1 is 1.18 bits per heavy atom. The lowest BCUT2D eigenvalue weighted by Gasteiger charge is -2.61. The summed E-state index contributed by atoms with van der Waals surface area (Å²) in [5.74, 6) is 1.05. The highest BCUT2D eigenvalue weighted by Crippen LogP contribution is 2.56. The van der Waals surface area contributed by atoms with Crippen molar-refractivity contribution in [1.82, 2.24) is 19.6 Å². The normalized spacial score (nSPS) is 31.6. The molecule has 1 aromatic carbocycles. The number of carbonyl (C=O) groups is 1. The van der Waals surface area contributed by atoms with Crippen molar-refractivity contribution in [3.05, 3.63) is 46.2 Å². The average molecular weight is 515 g/mol. The van der Waals surface area contributed by atoms with Gasteiger partial charge in [-0.3, -0.25) is 14.4 Å². The largest absolute Gasteiger partial charge is 0.508 e. The lowest BCUT2D eigenvalue weighted by atomic mass is 9.52. The van der Waals surface area contributed by atoms with E-state index >= 15 is 0 Å². The summed E-state index contributed by atoms with van der Waals surface area (Å²) >= 11 is 3.39. The average Bonchev–Trinajstić information content (AvgIpc) is 3.53. The SMILES string of the molecule is O=C(Cn1cc(Br)cn1)N1CC[C@]23CCN(CC4CC4)[C@H](Cc4ccc(O)cc42)[C@]3(O)CC1. The van der Waals surface area contributed by atoms with Crippen LogP contribution in [0.4, 0.5) is 0 Å². The highest BCUT2D eigenvalue weighted by Gasteiger charge is 2.63. The van der Waals surface area contributed by atoms with E-state index < -0.39 is 11.0 Å². The van der Waals surface area contributed by atoms with Crippen LogP contribution < -0.4 is 0 Å². The van der Waals surface area contributed by atoms with E-state index in [9.17, 15) is 15.0 Å². The van der Waals surface area contributed by atoms with Crippen LogP contribution in [0.15, 0.2) is 35.1 Å². The first-order valence-corrected chi connectivity index (χ1v) is 12.9. The lowest BCUT2D eigenvalue weighted by Crippen LogP contribution is -2.71. The number of hydrogen-bond acceptors (Lipinski definition) is 5. The third kappa shape index (κ3) is 3.53. The number of phenolic OH excluding ortho intramolecular Hbond substituents is 1. The molecule has 0 unspecified atom stereocenters. The van der Waals surface area contributed by atoms with Crippen molar-refractivity contribution < 1.29 is 15.0 Å². The monoisotopic (exact) mass is 514 g/mol. The van der Waals surface area contributed by atoms with Gasteiger partial charge in [-0.15, -0.1) is 0 Å². The van der Waals surface area contributed by atoms with Gasteiger partial charge in [0.25, 0.3) is 0 Å². The second kappa shape index (κ2) is 7.82. The molecule has 3 atom stereocenters. The molecule has 1 saturated carbocycles. The summed E-state index contributed by atoms with van der Waals surface area (Å²) in [6.45, 7) is 3.38. The zero-order chi connectivity index (χ0) is 22.8. The number of hydrogen-bond donors (Lipinski definition) is 2. The Labute approximate surface area is 202 Å². The van der Waals surface area contributed by atoms with Gasteiger partial charge < -0.3 is 15.1 Å². The van der Waals surface area contributed by atoms with Gasteiger partial charge in [0.2, 0.25) is 5.91 Å². The standard InChI is InChI=1S/C25H31BrN4O3/c26-19-13-27-30(15-19)16-23(32)28-8-5-24-6-9-29(14-17-1-2-17)22(25(24,33)7-10-28)11-18-3-4-20(31)12-21(18)24/h3-4,12-13,15,17,22,31,33H,1-2,5-11,14,16H2/t22-,24+,25-/m1/s1. The molecule has 3 heterocycles. The molecular formula is C25H31BrN4O3. The highest BCUT2D eigenvalue weighted by atomic mass is 79.9. The summed E-state index contributed by atoms with van der Waals surface area (Å²) in [5, 5.41) is 27.1. The number of aromatic hydroxyl groups is 1. The van der Waals surface area contributed by atoms with Crippen LogP contribution in [-0.4, -0.2) is 73.5 Å². The number of rotatable bonds is 4. The van der Waals surface area contributed by atoms with Crippen molar-refractivity contribution in [2.45, 2.75) is 62.1 Å². The van der Waals surface area contributed by atoms with E-state index in [1.807, 2.05) is 23.2 Å². The van der Waals surface area contributed by atoms with Crippen LogP contribution in [0.2, 0.25) is 0 Å². The van der Waals surface area contributed by atoms with Crippen molar-refractivity contribution in [2.24, 2.45) is 5.92 Å². The van der Waals surface area contributed by atoms with Crippen LogP contribution in [0.1, 0.15) is 43.2 Å². The number of fused-ring (bicyclic) bond motifs is 1. The fraction of sp³-hybridized carbons (Fsp3) is 0.600. The molecule has 33 heavy (non-hydrogen) atoms. The van der Waals surface area contributed by atoms with Gasteiger partial charge in [0.05, 0.1) is 16.3 Å². The number of carbonyl (C=O) groups excluding carboxylic acids is 1. The molecule has 2 aliphatic carbocycles. The Hall–Kier alpha value is -1.90. The molecule has 2 aliphatic heterocycles. The Morgan fingerprint density at radius 2 is 1.97 bits per heavy atom. The predicted molar refractivity (Wildman–Crippen MR) is 127 cm³/mol. The first-order valence-electron chi connectivity index (χ1n) is 12.1. The summed E-state index contributed by atoms with van der Waals surface area (Å²) in [5.41, 5.74) is 0.986. The van der Waals surface area contributed by atoms with E-state index in [0.29, 0.717) is 25.9 Å². The predicted octanol–water partition coefficient (Wildman–Crippen LogP) is 2.68. The highest BCUT2D eigenvalue weighted by molar-refractivity contribution is 9.10. The summed E-state index contributed by atoms with van der Waals surface area (Å²) in [6, 6.07) is 5.76. The molecule has 2 bridgehead atoms. The number of piperidine rings is 1. The molecule has 8 heteroatoms. The number of benzene rings is 1. The van der Waals surface area contributed by atoms with Crippen molar-refractivity contribution in [3.63, 3.8) is 0 Å².